The number of urea groups is 1. The molecule has 130 valence electrons. The topological polar surface area (TPSA) is 67.6 Å². The summed E-state index contributed by atoms with van der Waals surface area (Å²) in [4.78, 5) is 13.4. The smallest absolute Gasteiger partial charge is 0.312 e. The summed E-state index contributed by atoms with van der Waals surface area (Å²) in [5.74, 6) is 0.262. The summed E-state index contributed by atoms with van der Waals surface area (Å²) in [6.07, 6.45) is 0.482. The Hall–Kier alpha value is -2.38. The molecule has 0 saturated carbocycles. The van der Waals surface area contributed by atoms with Gasteiger partial charge >= 0.3 is 6.03 Å². The number of hydrogen-bond donors (Lipinski definition) is 2. The average Bonchev–Trinajstić information content (AvgIpc) is 2.55. The molecular formula is C17H15ClFN3O2S. The third kappa shape index (κ3) is 3.52. The number of likely N-dealkylation sites (N-methyl/N-ethyl adjacent to an activating group) is 1. The SMILES string of the molecule is CN1C(=S)C(NC(N)=O)Cc2cccc(Oc3cc(F)ccc3Cl)c21. The normalized spacial score (nSPS) is 16.4. The number of halogens is 2. The van der Waals surface area contributed by atoms with Crippen LogP contribution in [0.2, 0.25) is 5.02 Å². The zero-order valence-corrected chi connectivity index (χ0v) is 14.8. The lowest BCUT2D eigenvalue weighted by molar-refractivity contribution is 0.247. The number of nitrogens with two attached hydrogens (primary N) is 1. The summed E-state index contributed by atoms with van der Waals surface area (Å²) < 4.78 is 19.3. The molecule has 25 heavy (non-hydrogen) atoms. The van der Waals surface area contributed by atoms with Crippen LogP contribution in [0.5, 0.6) is 11.5 Å². The number of benzene rings is 2. The van der Waals surface area contributed by atoms with E-state index in [0.29, 0.717) is 22.2 Å². The van der Waals surface area contributed by atoms with Crippen LogP contribution < -0.4 is 20.7 Å². The Morgan fingerprint density at radius 2 is 2.16 bits per heavy atom. The number of carbonyl (C=O) groups excluding carboxylic acids is 1. The van der Waals surface area contributed by atoms with Crippen LogP contribution in [-0.4, -0.2) is 24.1 Å². The number of thiocarbonyl (C=S) groups is 1. The van der Waals surface area contributed by atoms with E-state index in [0.717, 1.165) is 11.3 Å². The number of primary amides is 1. The first-order valence-corrected chi connectivity index (χ1v) is 8.23. The molecule has 8 heteroatoms. The highest BCUT2D eigenvalue weighted by molar-refractivity contribution is 7.80. The number of fused-ring (bicyclic) bond motifs is 1. The van der Waals surface area contributed by atoms with Crippen LogP contribution in [0.4, 0.5) is 14.9 Å². The lowest BCUT2D eigenvalue weighted by atomic mass is 9.97. The van der Waals surface area contributed by atoms with Gasteiger partial charge in [-0.25, -0.2) is 9.18 Å². The van der Waals surface area contributed by atoms with Gasteiger partial charge in [-0.1, -0.05) is 36.0 Å². The monoisotopic (exact) mass is 379 g/mol. The van der Waals surface area contributed by atoms with Gasteiger partial charge in [0.1, 0.15) is 16.6 Å². The summed E-state index contributed by atoms with van der Waals surface area (Å²) >= 11 is 11.5. The molecule has 1 unspecified atom stereocenters. The molecule has 1 heterocycles. The Labute approximate surface area is 154 Å². The maximum absolute atomic E-state index is 13.5. The van der Waals surface area contributed by atoms with E-state index >= 15 is 0 Å². The molecule has 2 aromatic carbocycles. The highest BCUT2D eigenvalue weighted by atomic mass is 35.5. The van der Waals surface area contributed by atoms with E-state index in [1.54, 1.807) is 18.0 Å². The van der Waals surface area contributed by atoms with Crippen molar-refractivity contribution >= 4 is 40.5 Å². The van der Waals surface area contributed by atoms with Crippen LogP contribution in [0.25, 0.3) is 0 Å². The van der Waals surface area contributed by atoms with Crippen molar-refractivity contribution in [3.05, 3.63) is 52.8 Å². The molecule has 2 aromatic rings. The molecule has 0 spiro atoms. The van der Waals surface area contributed by atoms with Gasteiger partial charge in [-0.15, -0.1) is 0 Å². The first kappa shape index (κ1) is 17.4. The van der Waals surface area contributed by atoms with Gasteiger partial charge in [0.15, 0.2) is 5.75 Å². The van der Waals surface area contributed by atoms with E-state index in [4.69, 9.17) is 34.3 Å². The second kappa shape index (κ2) is 6.85. The van der Waals surface area contributed by atoms with E-state index in [9.17, 15) is 9.18 Å². The van der Waals surface area contributed by atoms with Crippen molar-refractivity contribution in [1.82, 2.24) is 5.32 Å². The van der Waals surface area contributed by atoms with Gasteiger partial charge in [-0.3, -0.25) is 0 Å². The molecule has 0 radical (unpaired) electrons. The van der Waals surface area contributed by atoms with Crippen molar-refractivity contribution in [2.75, 3.05) is 11.9 Å². The summed E-state index contributed by atoms with van der Waals surface area (Å²) in [5.41, 5.74) is 6.87. The van der Waals surface area contributed by atoms with Crippen molar-refractivity contribution in [3.63, 3.8) is 0 Å². The molecule has 0 saturated heterocycles. The number of anilines is 1. The molecule has 3 N–H and O–H groups in total. The quantitative estimate of drug-likeness (QED) is 0.799. The number of ether oxygens (including phenoxy) is 1. The van der Waals surface area contributed by atoms with Gasteiger partial charge in [0.05, 0.1) is 16.8 Å². The first-order valence-electron chi connectivity index (χ1n) is 7.45. The van der Waals surface area contributed by atoms with Crippen LogP contribution in [-0.2, 0) is 6.42 Å². The molecule has 1 aliphatic rings. The minimum Gasteiger partial charge on any atom is -0.453 e. The maximum Gasteiger partial charge on any atom is 0.312 e. The van der Waals surface area contributed by atoms with Crippen molar-refractivity contribution in [2.24, 2.45) is 5.73 Å². The molecule has 2 amide bonds. The van der Waals surface area contributed by atoms with Crippen molar-refractivity contribution in [1.29, 1.82) is 0 Å². The fourth-order valence-corrected chi connectivity index (χ4v) is 3.19. The van der Waals surface area contributed by atoms with E-state index in [1.807, 2.05) is 12.1 Å². The second-order valence-corrected chi connectivity index (χ2v) is 6.43. The first-order chi connectivity index (χ1) is 11.9. The average molecular weight is 380 g/mol. The van der Waals surface area contributed by atoms with E-state index in [-0.39, 0.29) is 11.8 Å². The summed E-state index contributed by atoms with van der Waals surface area (Å²) in [6, 6.07) is 8.37. The third-order valence-corrected chi connectivity index (χ3v) is 4.77. The molecule has 1 aliphatic heterocycles. The van der Waals surface area contributed by atoms with E-state index in [2.05, 4.69) is 5.32 Å². The van der Waals surface area contributed by atoms with Crippen LogP contribution >= 0.6 is 23.8 Å². The number of nitrogens with one attached hydrogen (secondary N) is 1. The maximum atomic E-state index is 13.5. The summed E-state index contributed by atoms with van der Waals surface area (Å²) in [5, 5.41) is 2.93. The lowest BCUT2D eigenvalue weighted by Crippen LogP contribution is -2.52. The highest BCUT2D eigenvalue weighted by Crippen LogP contribution is 2.40. The van der Waals surface area contributed by atoms with Crippen LogP contribution in [0.15, 0.2) is 36.4 Å². The summed E-state index contributed by atoms with van der Waals surface area (Å²) in [7, 11) is 1.77. The highest BCUT2D eigenvalue weighted by Gasteiger charge is 2.30. The van der Waals surface area contributed by atoms with Gasteiger partial charge in [-0.2, -0.15) is 0 Å². The molecule has 0 fully saturated rings. The molecule has 0 bridgehead atoms. The van der Waals surface area contributed by atoms with Crippen LogP contribution in [0, 0.1) is 5.82 Å². The number of rotatable bonds is 3. The van der Waals surface area contributed by atoms with Crippen LogP contribution in [0.1, 0.15) is 5.56 Å². The van der Waals surface area contributed by atoms with Gasteiger partial charge in [-0.05, 0) is 23.8 Å². The third-order valence-electron chi connectivity index (χ3n) is 3.90. The molecule has 0 aromatic heterocycles. The predicted octanol–water partition coefficient (Wildman–Crippen LogP) is 3.63. The molecule has 0 aliphatic carbocycles. The minimum atomic E-state index is -0.636. The number of hydrogen-bond acceptors (Lipinski definition) is 3. The van der Waals surface area contributed by atoms with Crippen LogP contribution in [0.3, 0.4) is 0 Å². The zero-order valence-electron chi connectivity index (χ0n) is 13.3. The zero-order chi connectivity index (χ0) is 18.1. The van der Waals surface area contributed by atoms with Gasteiger partial charge < -0.3 is 20.7 Å². The second-order valence-electron chi connectivity index (χ2n) is 5.60. The Kier molecular flexibility index (Phi) is 4.78. The Balaban J connectivity index is 1.98. The lowest BCUT2D eigenvalue weighted by Gasteiger charge is -2.35. The molecular weight excluding hydrogens is 365 g/mol. The predicted molar refractivity (Wildman–Crippen MR) is 99.1 cm³/mol. The van der Waals surface area contributed by atoms with E-state index < -0.39 is 11.8 Å². The number of carbonyl (C=O) groups is 1. The van der Waals surface area contributed by atoms with Crippen molar-refractivity contribution < 1.29 is 13.9 Å². The van der Waals surface area contributed by atoms with Gasteiger partial charge in [0, 0.05) is 19.5 Å². The fraction of sp³-hybridized carbons (Fsp3) is 0.176. The largest absolute Gasteiger partial charge is 0.453 e. The summed E-state index contributed by atoms with van der Waals surface area (Å²) in [6.45, 7) is 0. The van der Waals surface area contributed by atoms with E-state index in [1.165, 1.54) is 18.2 Å². The standard InChI is InChI=1S/C17H15ClFN3O2S/c1-22-15-9(7-12(16(22)25)21-17(20)23)3-2-4-13(15)24-14-8-10(19)5-6-11(14)18/h2-6,8,12H,7H2,1H3,(H3,20,21,23). The molecule has 3 rings (SSSR count). The Morgan fingerprint density at radius 3 is 2.88 bits per heavy atom. The van der Waals surface area contributed by atoms with Gasteiger partial charge in [0.25, 0.3) is 0 Å². The van der Waals surface area contributed by atoms with Gasteiger partial charge in [0.2, 0.25) is 0 Å². The number of amides is 2. The Morgan fingerprint density at radius 1 is 1.40 bits per heavy atom. The van der Waals surface area contributed by atoms with Crippen molar-refractivity contribution in [2.45, 2.75) is 12.5 Å². The molecule has 5 nitrogen and oxygen atoms in total. The van der Waals surface area contributed by atoms with Crippen molar-refractivity contribution in [3.8, 4) is 11.5 Å². The minimum absolute atomic E-state index is 0.215. The molecule has 1 atom stereocenters. The number of nitrogens with zero attached hydrogens (tertiary/aromatic N) is 1. The Bertz CT molecular complexity index is 862. The number of para-hydroxylation sites is 1. The fourth-order valence-electron chi connectivity index (χ4n) is 2.81.